The molecule has 0 fully saturated rings. The van der Waals surface area contributed by atoms with Crippen molar-refractivity contribution in [1.82, 2.24) is 25.1 Å². The van der Waals surface area contributed by atoms with E-state index < -0.39 is 0 Å². The lowest BCUT2D eigenvalue weighted by Gasteiger charge is -2.25. The van der Waals surface area contributed by atoms with E-state index in [0.717, 1.165) is 30.9 Å². The average Bonchev–Trinajstić information content (AvgIpc) is 2.99. The van der Waals surface area contributed by atoms with E-state index in [1.807, 2.05) is 24.6 Å². The molecule has 0 atom stereocenters. The molecule has 0 bridgehead atoms. The molecular weight excluding hydrogens is 352 g/mol. The quantitative estimate of drug-likeness (QED) is 0.748. The Morgan fingerprint density at radius 3 is 2.58 bits per heavy atom. The van der Waals surface area contributed by atoms with Crippen LogP contribution in [0.15, 0.2) is 6.07 Å². The standard InChI is InChI=1S/C18H27ClN6O/c1-7-9-24(8-2)17-14(15(19)21-16(22-17)18(26)20-6)25-13(11(3)4)10-12(5)23-25/h10-11H,7-9H2,1-6H3,(H,20,26). The summed E-state index contributed by atoms with van der Waals surface area (Å²) in [5.41, 5.74) is 2.53. The first-order valence-electron chi connectivity index (χ1n) is 8.95. The van der Waals surface area contributed by atoms with E-state index in [0.29, 0.717) is 11.5 Å². The number of amides is 1. The second kappa shape index (κ2) is 8.49. The van der Waals surface area contributed by atoms with Gasteiger partial charge in [0.15, 0.2) is 11.0 Å². The summed E-state index contributed by atoms with van der Waals surface area (Å²) in [6.07, 6.45) is 0.944. The first-order valence-corrected chi connectivity index (χ1v) is 9.33. The SMILES string of the molecule is CCCN(CC)c1nc(C(=O)NC)nc(Cl)c1-n1nc(C)cc1C(C)C. The maximum absolute atomic E-state index is 12.1. The van der Waals surface area contributed by atoms with Gasteiger partial charge in [-0.25, -0.2) is 14.6 Å². The van der Waals surface area contributed by atoms with Crippen LogP contribution in [0.2, 0.25) is 5.15 Å². The average molecular weight is 379 g/mol. The molecular formula is C18H27ClN6O. The topological polar surface area (TPSA) is 75.9 Å². The minimum absolute atomic E-state index is 0.0563. The van der Waals surface area contributed by atoms with Crippen LogP contribution in [0, 0.1) is 6.92 Å². The summed E-state index contributed by atoms with van der Waals surface area (Å²) >= 11 is 6.54. The second-order valence-electron chi connectivity index (χ2n) is 6.45. The summed E-state index contributed by atoms with van der Waals surface area (Å²) in [6.45, 7) is 11.8. The number of nitrogens with zero attached hydrogens (tertiary/aromatic N) is 5. The number of carbonyl (C=O) groups is 1. The summed E-state index contributed by atoms with van der Waals surface area (Å²) in [7, 11) is 1.55. The fourth-order valence-corrected chi connectivity index (χ4v) is 3.07. The van der Waals surface area contributed by atoms with Gasteiger partial charge in [0.05, 0.1) is 5.69 Å². The lowest BCUT2D eigenvalue weighted by atomic mass is 10.1. The van der Waals surface area contributed by atoms with Gasteiger partial charge in [-0.15, -0.1) is 0 Å². The van der Waals surface area contributed by atoms with Crippen LogP contribution in [-0.2, 0) is 0 Å². The van der Waals surface area contributed by atoms with Crippen LogP contribution in [0.4, 0.5) is 5.82 Å². The van der Waals surface area contributed by atoms with Gasteiger partial charge < -0.3 is 10.2 Å². The molecule has 0 aliphatic heterocycles. The summed E-state index contributed by atoms with van der Waals surface area (Å²) in [4.78, 5) is 22.9. The van der Waals surface area contributed by atoms with Crippen molar-refractivity contribution in [2.75, 3.05) is 25.0 Å². The van der Waals surface area contributed by atoms with Crippen molar-refractivity contribution in [1.29, 1.82) is 0 Å². The van der Waals surface area contributed by atoms with Crippen molar-refractivity contribution in [3.8, 4) is 5.69 Å². The van der Waals surface area contributed by atoms with Crippen LogP contribution >= 0.6 is 11.6 Å². The molecule has 0 spiro atoms. The molecule has 0 aromatic carbocycles. The number of nitrogens with one attached hydrogen (secondary N) is 1. The molecule has 8 heteroatoms. The zero-order valence-electron chi connectivity index (χ0n) is 16.3. The van der Waals surface area contributed by atoms with Crippen molar-refractivity contribution in [3.05, 3.63) is 28.4 Å². The van der Waals surface area contributed by atoms with E-state index in [2.05, 4.69) is 46.1 Å². The molecule has 7 nitrogen and oxygen atoms in total. The molecule has 0 aliphatic carbocycles. The Morgan fingerprint density at radius 1 is 1.35 bits per heavy atom. The maximum Gasteiger partial charge on any atom is 0.288 e. The van der Waals surface area contributed by atoms with Crippen molar-refractivity contribution in [2.45, 2.75) is 47.0 Å². The predicted molar refractivity (Wildman–Crippen MR) is 105 cm³/mol. The van der Waals surface area contributed by atoms with Gasteiger partial charge in [0.1, 0.15) is 5.69 Å². The number of carbonyl (C=O) groups excluding carboxylic acids is 1. The smallest absolute Gasteiger partial charge is 0.288 e. The molecule has 0 unspecified atom stereocenters. The van der Waals surface area contributed by atoms with Gasteiger partial charge in [-0.1, -0.05) is 32.4 Å². The molecule has 0 aliphatic rings. The highest BCUT2D eigenvalue weighted by Gasteiger charge is 2.24. The molecule has 2 aromatic rings. The normalized spacial score (nSPS) is 11.1. The van der Waals surface area contributed by atoms with Gasteiger partial charge in [0.2, 0.25) is 5.82 Å². The van der Waals surface area contributed by atoms with Crippen molar-refractivity contribution < 1.29 is 4.79 Å². The minimum Gasteiger partial charge on any atom is -0.355 e. The zero-order valence-corrected chi connectivity index (χ0v) is 17.1. The minimum atomic E-state index is -0.368. The fraction of sp³-hybridized carbons (Fsp3) is 0.556. The summed E-state index contributed by atoms with van der Waals surface area (Å²) < 4.78 is 1.81. The van der Waals surface area contributed by atoms with Crippen LogP contribution in [0.5, 0.6) is 0 Å². The van der Waals surface area contributed by atoms with Gasteiger partial charge >= 0.3 is 0 Å². The Balaban J connectivity index is 2.77. The van der Waals surface area contributed by atoms with E-state index in [1.165, 1.54) is 0 Å². The van der Waals surface area contributed by atoms with E-state index in [1.54, 1.807) is 7.05 Å². The molecule has 2 rings (SSSR count). The van der Waals surface area contributed by atoms with Crippen LogP contribution in [-0.4, -0.2) is 45.8 Å². The Morgan fingerprint density at radius 2 is 2.04 bits per heavy atom. The fourth-order valence-electron chi connectivity index (χ4n) is 2.83. The molecule has 26 heavy (non-hydrogen) atoms. The first-order chi connectivity index (χ1) is 12.3. The number of anilines is 1. The van der Waals surface area contributed by atoms with Gasteiger partial charge in [0, 0.05) is 25.8 Å². The molecule has 1 N–H and O–H groups in total. The molecule has 2 heterocycles. The van der Waals surface area contributed by atoms with E-state index in [-0.39, 0.29) is 22.8 Å². The highest BCUT2D eigenvalue weighted by Crippen LogP contribution is 2.31. The van der Waals surface area contributed by atoms with Gasteiger partial charge in [0.25, 0.3) is 5.91 Å². The Hall–Kier alpha value is -2.15. The highest BCUT2D eigenvalue weighted by molar-refractivity contribution is 6.31. The van der Waals surface area contributed by atoms with Crippen molar-refractivity contribution in [2.24, 2.45) is 0 Å². The van der Waals surface area contributed by atoms with E-state index in [4.69, 9.17) is 11.6 Å². The lowest BCUT2D eigenvalue weighted by molar-refractivity contribution is 0.0953. The number of aryl methyl sites for hydroxylation is 1. The van der Waals surface area contributed by atoms with Crippen LogP contribution in [0.3, 0.4) is 0 Å². The van der Waals surface area contributed by atoms with Crippen molar-refractivity contribution >= 4 is 23.3 Å². The summed E-state index contributed by atoms with van der Waals surface area (Å²) in [6, 6.07) is 2.04. The molecule has 0 saturated heterocycles. The van der Waals surface area contributed by atoms with Crippen LogP contribution < -0.4 is 10.2 Å². The number of hydrogen-bond acceptors (Lipinski definition) is 5. The third-order valence-electron chi connectivity index (χ3n) is 4.09. The second-order valence-corrected chi connectivity index (χ2v) is 6.80. The van der Waals surface area contributed by atoms with Crippen LogP contribution in [0.25, 0.3) is 5.69 Å². The maximum atomic E-state index is 12.1. The van der Waals surface area contributed by atoms with E-state index >= 15 is 0 Å². The molecule has 142 valence electrons. The summed E-state index contributed by atoms with van der Waals surface area (Å²) in [5.74, 6) is 0.562. The largest absolute Gasteiger partial charge is 0.355 e. The monoisotopic (exact) mass is 378 g/mol. The molecule has 0 radical (unpaired) electrons. The number of hydrogen-bond donors (Lipinski definition) is 1. The van der Waals surface area contributed by atoms with Crippen molar-refractivity contribution in [3.63, 3.8) is 0 Å². The van der Waals surface area contributed by atoms with Gasteiger partial charge in [-0.3, -0.25) is 4.79 Å². The Bertz CT molecular complexity index is 786. The molecule has 0 saturated carbocycles. The van der Waals surface area contributed by atoms with Crippen LogP contribution in [0.1, 0.15) is 62.0 Å². The Kier molecular flexibility index (Phi) is 6.58. The van der Waals surface area contributed by atoms with E-state index in [9.17, 15) is 4.79 Å². The number of aromatic nitrogens is 4. The Labute approximate surface area is 159 Å². The number of halogens is 1. The molecule has 1 amide bonds. The lowest BCUT2D eigenvalue weighted by Crippen LogP contribution is -2.29. The van der Waals surface area contributed by atoms with Gasteiger partial charge in [-0.05, 0) is 32.3 Å². The first kappa shape index (κ1) is 20.2. The third kappa shape index (κ3) is 3.98. The zero-order chi connectivity index (χ0) is 19.4. The highest BCUT2D eigenvalue weighted by atomic mass is 35.5. The summed E-state index contributed by atoms with van der Waals surface area (Å²) in [5, 5.41) is 7.39. The number of rotatable bonds is 7. The molecule has 2 aromatic heterocycles. The predicted octanol–water partition coefficient (Wildman–Crippen LogP) is 3.34. The van der Waals surface area contributed by atoms with Gasteiger partial charge in [-0.2, -0.15) is 5.10 Å². The third-order valence-corrected chi connectivity index (χ3v) is 4.35.